The van der Waals surface area contributed by atoms with Gasteiger partial charge in [-0.25, -0.2) is 0 Å². The Labute approximate surface area is 96.0 Å². The van der Waals surface area contributed by atoms with E-state index in [2.05, 4.69) is 0 Å². The summed E-state index contributed by atoms with van der Waals surface area (Å²) in [5, 5.41) is 10.0. The zero-order valence-corrected chi connectivity index (χ0v) is 10.2. The van der Waals surface area contributed by atoms with Crippen molar-refractivity contribution < 1.29 is 14.6 Å². The smallest absolute Gasteiger partial charge is 0.164 e. The molecule has 1 atom stereocenters. The SMILES string of the molecule is COc1cc(C(C)(C)O)cc2c1OC(C)C2. The molecule has 0 fully saturated rings. The Morgan fingerprint density at radius 1 is 1.44 bits per heavy atom. The van der Waals surface area contributed by atoms with Gasteiger partial charge in [-0.1, -0.05) is 0 Å². The van der Waals surface area contributed by atoms with Crippen LogP contribution in [0.4, 0.5) is 0 Å². The topological polar surface area (TPSA) is 38.7 Å². The lowest BCUT2D eigenvalue weighted by atomic mass is 9.95. The van der Waals surface area contributed by atoms with Crippen LogP contribution in [0.2, 0.25) is 0 Å². The van der Waals surface area contributed by atoms with Gasteiger partial charge in [0.2, 0.25) is 0 Å². The van der Waals surface area contributed by atoms with Gasteiger partial charge in [-0.15, -0.1) is 0 Å². The molecule has 0 saturated carbocycles. The Balaban J connectivity index is 2.51. The van der Waals surface area contributed by atoms with Crippen molar-refractivity contribution in [2.45, 2.75) is 38.9 Å². The first-order valence-electron chi connectivity index (χ1n) is 5.52. The Morgan fingerprint density at radius 3 is 2.69 bits per heavy atom. The van der Waals surface area contributed by atoms with Crippen LogP contribution < -0.4 is 9.47 Å². The highest BCUT2D eigenvalue weighted by molar-refractivity contribution is 5.52. The second-order valence-corrected chi connectivity index (χ2v) is 4.86. The quantitative estimate of drug-likeness (QED) is 0.834. The lowest BCUT2D eigenvalue weighted by Crippen LogP contribution is -2.15. The van der Waals surface area contributed by atoms with Gasteiger partial charge in [0.15, 0.2) is 11.5 Å². The molecule has 0 bridgehead atoms. The summed E-state index contributed by atoms with van der Waals surface area (Å²) < 4.78 is 11.0. The molecule has 0 saturated heterocycles. The second kappa shape index (κ2) is 3.67. The highest BCUT2D eigenvalue weighted by Gasteiger charge is 2.27. The fourth-order valence-electron chi connectivity index (χ4n) is 2.00. The lowest BCUT2D eigenvalue weighted by Gasteiger charge is -2.20. The maximum Gasteiger partial charge on any atom is 0.164 e. The van der Waals surface area contributed by atoms with E-state index in [1.54, 1.807) is 21.0 Å². The van der Waals surface area contributed by atoms with E-state index in [9.17, 15) is 5.11 Å². The molecule has 0 aromatic heterocycles. The molecule has 1 unspecified atom stereocenters. The molecular formula is C13H18O3. The molecule has 3 nitrogen and oxygen atoms in total. The molecule has 1 aliphatic heterocycles. The normalized spacial score (nSPS) is 19.2. The molecule has 1 heterocycles. The molecule has 16 heavy (non-hydrogen) atoms. The van der Waals surface area contributed by atoms with Gasteiger partial charge >= 0.3 is 0 Å². The molecule has 88 valence electrons. The second-order valence-electron chi connectivity index (χ2n) is 4.86. The highest BCUT2D eigenvalue weighted by atomic mass is 16.5. The largest absolute Gasteiger partial charge is 0.493 e. The summed E-state index contributed by atoms with van der Waals surface area (Å²) in [6.45, 7) is 5.57. The van der Waals surface area contributed by atoms with Gasteiger partial charge in [0, 0.05) is 12.0 Å². The molecule has 2 rings (SSSR count). The number of benzene rings is 1. The average molecular weight is 222 g/mol. The van der Waals surface area contributed by atoms with Crippen LogP contribution in [0.25, 0.3) is 0 Å². The van der Waals surface area contributed by atoms with Gasteiger partial charge in [-0.05, 0) is 38.5 Å². The summed E-state index contributed by atoms with van der Waals surface area (Å²) in [6, 6.07) is 3.85. The highest BCUT2D eigenvalue weighted by Crippen LogP contribution is 2.40. The average Bonchev–Trinajstić information content (AvgIpc) is 2.54. The fourth-order valence-corrected chi connectivity index (χ4v) is 2.00. The van der Waals surface area contributed by atoms with Gasteiger partial charge < -0.3 is 14.6 Å². The van der Waals surface area contributed by atoms with Crippen molar-refractivity contribution in [2.75, 3.05) is 7.11 Å². The molecule has 0 amide bonds. The predicted molar refractivity (Wildman–Crippen MR) is 62.0 cm³/mol. The number of fused-ring (bicyclic) bond motifs is 1. The molecule has 0 spiro atoms. The zero-order valence-electron chi connectivity index (χ0n) is 10.2. The minimum Gasteiger partial charge on any atom is -0.493 e. The van der Waals surface area contributed by atoms with Crippen LogP contribution in [-0.2, 0) is 12.0 Å². The lowest BCUT2D eigenvalue weighted by molar-refractivity contribution is 0.0782. The number of ether oxygens (including phenoxy) is 2. The van der Waals surface area contributed by atoms with Crippen LogP contribution in [0.1, 0.15) is 31.9 Å². The third kappa shape index (κ3) is 1.87. The van der Waals surface area contributed by atoms with E-state index in [0.717, 1.165) is 23.3 Å². The number of hydrogen-bond donors (Lipinski definition) is 1. The van der Waals surface area contributed by atoms with Crippen LogP contribution in [0.3, 0.4) is 0 Å². The summed E-state index contributed by atoms with van der Waals surface area (Å²) >= 11 is 0. The van der Waals surface area contributed by atoms with Gasteiger partial charge in [-0.3, -0.25) is 0 Å². The maximum atomic E-state index is 10.0. The van der Waals surface area contributed by atoms with Crippen LogP contribution in [0.15, 0.2) is 12.1 Å². The van der Waals surface area contributed by atoms with Crippen molar-refractivity contribution in [2.24, 2.45) is 0 Å². The summed E-state index contributed by atoms with van der Waals surface area (Å²) in [4.78, 5) is 0. The Bertz CT molecular complexity index is 404. The summed E-state index contributed by atoms with van der Waals surface area (Å²) in [7, 11) is 1.62. The molecule has 0 radical (unpaired) electrons. The summed E-state index contributed by atoms with van der Waals surface area (Å²) in [5.74, 6) is 1.53. The number of aliphatic hydroxyl groups is 1. The van der Waals surface area contributed by atoms with E-state index >= 15 is 0 Å². The third-order valence-corrected chi connectivity index (χ3v) is 2.88. The molecule has 1 aromatic rings. The van der Waals surface area contributed by atoms with E-state index in [4.69, 9.17) is 9.47 Å². The van der Waals surface area contributed by atoms with Crippen molar-refractivity contribution in [3.05, 3.63) is 23.3 Å². The monoisotopic (exact) mass is 222 g/mol. The van der Waals surface area contributed by atoms with E-state index < -0.39 is 5.60 Å². The van der Waals surface area contributed by atoms with Crippen molar-refractivity contribution >= 4 is 0 Å². The number of rotatable bonds is 2. The van der Waals surface area contributed by atoms with Gasteiger partial charge in [-0.2, -0.15) is 0 Å². The summed E-state index contributed by atoms with van der Waals surface area (Å²) in [5.41, 5.74) is 1.12. The molecular weight excluding hydrogens is 204 g/mol. The standard InChI is InChI=1S/C13H18O3/c1-8-5-9-6-10(13(2,3)14)7-11(15-4)12(9)16-8/h6-8,14H,5H2,1-4H3. The van der Waals surface area contributed by atoms with Crippen LogP contribution in [0, 0.1) is 0 Å². The third-order valence-electron chi connectivity index (χ3n) is 2.88. The first-order chi connectivity index (χ1) is 7.41. The molecule has 1 aliphatic rings. The van der Waals surface area contributed by atoms with E-state index in [-0.39, 0.29) is 6.10 Å². The van der Waals surface area contributed by atoms with Crippen LogP contribution in [-0.4, -0.2) is 18.3 Å². The first kappa shape index (κ1) is 11.3. The summed E-state index contributed by atoms with van der Waals surface area (Å²) in [6.07, 6.45) is 1.05. The van der Waals surface area contributed by atoms with E-state index in [1.807, 2.05) is 19.1 Å². The van der Waals surface area contributed by atoms with Gasteiger partial charge in [0.1, 0.15) is 6.10 Å². The minimum atomic E-state index is -0.853. The van der Waals surface area contributed by atoms with E-state index in [1.165, 1.54) is 0 Å². The maximum absolute atomic E-state index is 10.0. The molecule has 1 aromatic carbocycles. The predicted octanol–water partition coefficient (Wildman–Crippen LogP) is 2.25. The first-order valence-corrected chi connectivity index (χ1v) is 5.52. The van der Waals surface area contributed by atoms with Crippen LogP contribution in [0.5, 0.6) is 11.5 Å². The van der Waals surface area contributed by atoms with Crippen LogP contribution >= 0.6 is 0 Å². The van der Waals surface area contributed by atoms with Crippen molar-refractivity contribution in [1.29, 1.82) is 0 Å². The van der Waals surface area contributed by atoms with Crippen molar-refractivity contribution in [1.82, 2.24) is 0 Å². The molecule has 0 aliphatic carbocycles. The molecule has 1 N–H and O–H groups in total. The van der Waals surface area contributed by atoms with Crippen molar-refractivity contribution in [3.63, 3.8) is 0 Å². The molecule has 3 heteroatoms. The Hall–Kier alpha value is -1.22. The number of hydrogen-bond acceptors (Lipinski definition) is 3. The fraction of sp³-hybridized carbons (Fsp3) is 0.538. The van der Waals surface area contributed by atoms with E-state index in [0.29, 0.717) is 5.75 Å². The van der Waals surface area contributed by atoms with Crippen molar-refractivity contribution in [3.8, 4) is 11.5 Å². The van der Waals surface area contributed by atoms with Gasteiger partial charge in [0.05, 0.1) is 12.7 Å². The minimum absolute atomic E-state index is 0.181. The Morgan fingerprint density at radius 2 is 2.12 bits per heavy atom. The van der Waals surface area contributed by atoms with Gasteiger partial charge in [0.25, 0.3) is 0 Å². The Kier molecular flexibility index (Phi) is 2.58. The zero-order chi connectivity index (χ0) is 11.9. The number of methoxy groups -OCH3 is 1.